The van der Waals surface area contributed by atoms with E-state index in [2.05, 4.69) is 25.4 Å². The number of aromatic nitrogens is 3. The summed E-state index contributed by atoms with van der Waals surface area (Å²) in [6, 6.07) is 23.5. The van der Waals surface area contributed by atoms with Crippen molar-refractivity contribution in [3.63, 3.8) is 0 Å². The van der Waals surface area contributed by atoms with Crippen LogP contribution in [0.2, 0.25) is 0 Å². The van der Waals surface area contributed by atoms with Crippen molar-refractivity contribution in [3.05, 3.63) is 102 Å². The summed E-state index contributed by atoms with van der Waals surface area (Å²) < 4.78 is 30.1. The topological polar surface area (TPSA) is 118 Å². The summed E-state index contributed by atoms with van der Waals surface area (Å²) in [5.74, 6) is 0.124. The van der Waals surface area contributed by atoms with Gasteiger partial charge in [0, 0.05) is 18.3 Å². The molecule has 0 fully saturated rings. The number of allylic oxidation sites excluding steroid dienone is 1. The van der Waals surface area contributed by atoms with Crippen LogP contribution in [0.25, 0.3) is 5.70 Å². The number of amides is 1. The Morgan fingerprint density at radius 1 is 0.972 bits per heavy atom. The number of sulfonamides is 1. The minimum Gasteiger partial charge on any atom is -0.326 e. The van der Waals surface area contributed by atoms with E-state index in [1.54, 1.807) is 4.68 Å². The predicted octanol–water partition coefficient (Wildman–Crippen LogP) is 4.40. The Labute approximate surface area is 208 Å². The minimum atomic E-state index is -3.96. The van der Waals surface area contributed by atoms with Gasteiger partial charge in [-0.15, -0.1) is 5.10 Å². The van der Waals surface area contributed by atoms with Crippen LogP contribution in [0.4, 0.5) is 17.6 Å². The molecule has 1 atom stereocenters. The molecule has 36 heavy (non-hydrogen) atoms. The Morgan fingerprint density at radius 3 is 2.33 bits per heavy atom. The minimum absolute atomic E-state index is 0.0235. The molecule has 9 nitrogen and oxygen atoms in total. The Balaban J connectivity index is 1.46. The molecule has 0 aliphatic carbocycles. The first-order chi connectivity index (χ1) is 17.3. The lowest BCUT2D eigenvalue weighted by atomic mass is 10.0. The first-order valence-electron chi connectivity index (χ1n) is 11.3. The highest BCUT2D eigenvalue weighted by Gasteiger charge is 2.27. The SMILES string of the molecule is CC(=O)Nc1ccc(S(=O)(=O)Nc2nc3n(n2)[C@H](c2ccccc2)C=C(c2ccc(C)cc2)N3)cc1. The third-order valence-corrected chi connectivity index (χ3v) is 7.02. The molecule has 0 saturated heterocycles. The zero-order chi connectivity index (χ0) is 25.3. The van der Waals surface area contributed by atoms with Gasteiger partial charge in [-0.2, -0.15) is 4.98 Å². The highest BCUT2D eigenvalue weighted by Crippen LogP contribution is 2.33. The van der Waals surface area contributed by atoms with Crippen molar-refractivity contribution < 1.29 is 13.2 Å². The van der Waals surface area contributed by atoms with Crippen molar-refractivity contribution in [2.75, 3.05) is 15.4 Å². The first kappa shape index (κ1) is 23.3. The van der Waals surface area contributed by atoms with Crippen molar-refractivity contribution in [3.8, 4) is 0 Å². The van der Waals surface area contributed by atoms with E-state index in [1.165, 1.54) is 31.2 Å². The highest BCUT2D eigenvalue weighted by atomic mass is 32.2. The quantitative estimate of drug-likeness (QED) is 0.361. The van der Waals surface area contributed by atoms with Gasteiger partial charge in [0.2, 0.25) is 11.9 Å². The Hall–Kier alpha value is -4.44. The van der Waals surface area contributed by atoms with Gasteiger partial charge in [-0.05, 0) is 48.4 Å². The molecule has 10 heteroatoms. The molecular weight excluding hydrogens is 476 g/mol. The van der Waals surface area contributed by atoms with Crippen LogP contribution in [0.5, 0.6) is 0 Å². The monoisotopic (exact) mass is 500 g/mol. The third kappa shape index (κ3) is 4.84. The van der Waals surface area contributed by atoms with E-state index >= 15 is 0 Å². The molecule has 1 amide bonds. The van der Waals surface area contributed by atoms with Crippen LogP contribution in [-0.2, 0) is 14.8 Å². The van der Waals surface area contributed by atoms with Crippen molar-refractivity contribution in [2.45, 2.75) is 24.8 Å². The number of aryl methyl sites for hydroxylation is 1. The lowest BCUT2D eigenvalue weighted by molar-refractivity contribution is -0.114. The lowest BCUT2D eigenvalue weighted by Gasteiger charge is -2.24. The number of carbonyl (C=O) groups excluding carboxylic acids is 1. The molecule has 2 heterocycles. The lowest BCUT2D eigenvalue weighted by Crippen LogP contribution is -2.20. The maximum atomic E-state index is 13.0. The smallest absolute Gasteiger partial charge is 0.264 e. The number of hydrogen-bond donors (Lipinski definition) is 3. The number of hydrogen-bond acceptors (Lipinski definition) is 6. The number of rotatable bonds is 6. The largest absolute Gasteiger partial charge is 0.326 e. The highest BCUT2D eigenvalue weighted by molar-refractivity contribution is 7.92. The van der Waals surface area contributed by atoms with Crippen LogP contribution in [0.3, 0.4) is 0 Å². The molecule has 182 valence electrons. The normalized spacial score (nSPS) is 14.8. The number of benzene rings is 3. The van der Waals surface area contributed by atoms with Gasteiger partial charge >= 0.3 is 0 Å². The zero-order valence-corrected chi connectivity index (χ0v) is 20.5. The van der Waals surface area contributed by atoms with Crippen LogP contribution in [0, 0.1) is 6.92 Å². The molecular formula is C26H24N6O3S. The standard InChI is InChI=1S/C26H24N6O3S/c1-17-8-10-19(11-9-17)23-16-24(20-6-4-3-5-7-20)32-26(28-23)29-25(30-32)31-36(34,35)22-14-12-21(13-15-22)27-18(2)33/h3-16,24H,1-2H3,(H,27,33)(H2,28,29,30,31)/t24-/m0/s1. The first-order valence-corrected chi connectivity index (χ1v) is 12.7. The second kappa shape index (κ2) is 9.31. The Morgan fingerprint density at radius 2 is 1.67 bits per heavy atom. The Bertz CT molecular complexity index is 1540. The van der Waals surface area contributed by atoms with Gasteiger partial charge in [-0.1, -0.05) is 60.2 Å². The van der Waals surface area contributed by atoms with Crippen molar-refractivity contribution in [1.29, 1.82) is 0 Å². The third-order valence-electron chi connectivity index (χ3n) is 5.68. The summed E-state index contributed by atoms with van der Waals surface area (Å²) in [4.78, 5) is 15.7. The molecule has 0 bridgehead atoms. The molecule has 1 aliphatic rings. The number of nitrogens with zero attached hydrogens (tertiary/aromatic N) is 3. The fourth-order valence-corrected chi connectivity index (χ4v) is 4.86. The van der Waals surface area contributed by atoms with Gasteiger partial charge in [0.15, 0.2) is 0 Å². The molecule has 5 rings (SSSR count). The van der Waals surface area contributed by atoms with Crippen LogP contribution in [0.1, 0.15) is 29.7 Å². The maximum Gasteiger partial charge on any atom is 0.264 e. The fraction of sp³-hybridized carbons (Fsp3) is 0.115. The van der Waals surface area contributed by atoms with Crippen LogP contribution in [-0.4, -0.2) is 29.1 Å². The second-order valence-corrected chi connectivity index (χ2v) is 10.1. The van der Waals surface area contributed by atoms with E-state index in [1.807, 2.05) is 67.6 Å². The van der Waals surface area contributed by atoms with Gasteiger partial charge in [0.1, 0.15) is 6.04 Å². The molecule has 0 radical (unpaired) electrons. The summed E-state index contributed by atoms with van der Waals surface area (Å²) in [6.45, 7) is 3.41. The maximum absolute atomic E-state index is 13.0. The molecule has 0 unspecified atom stereocenters. The molecule has 1 aliphatic heterocycles. The van der Waals surface area contributed by atoms with E-state index in [0.29, 0.717) is 11.6 Å². The average Bonchev–Trinajstić information content (AvgIpc) is 3.26. The number of anilines is 3. The molecule has 0 spiro atoms. The van der Waals surface area contributed by atoms with Crippen LogP contribution in [0.15, 0.2) is 89.8 Å². The van der Waals surface area contributed by atoms with Gasteiger partial charge in [-0.25, -0.2) is 17.8 Å². The summed E-state index contributed by atoms with van der Waals surface area (Å²) in [5, 5.41) is 10.4. The van der Waals surface area contributed by atoms with Gasteiger partial charge in [0.25, 0.3) is 16.0 Å². The Kier molecular flexibility index (Phi) is 6.03. The molecule has 3 aromatic carbocycles. The summed E-state index contributed by atoms with van der Waals surface area (Å²) >= 11 is 0. The number of carbonyl (C=O) groups is 1. The van der Waals surface area contributed by atoms with Gasteiger partial charge < -0.3 is 10.6 Å². The second-order valence-electron chi connectivity index (χ2n) is 8.44. The summed E-state index contributed by atoms with van der Waals surface area (Å²) in [5.41, 5.74) is 4.48. The molecule has 3 N–H and O–H groups in total. The average molecular weight is 501 g/mol. The van der Waals surface area contributed by atoms with E-state index < -0.39 is 10.0 Å². The molecule has 4 aromatic rings. The van der Waals surface area contributed by atoms with E-state index in [-0.39, 0.29) is 22.8 Å². The van der Waals surface area contributed by atoms with Gasteiger partial charge in [-0.3, -0.25) is 4.79 Å². The molecule has 0 saturated carbocycles. The zero-order valence-electron chi connectivity index (χ0n) is 19.6. The summed E-state index contributed by atoms with van der Waals surface area (Å²) in [7, 11) is -3.96. The fourth-order valence-electron chi connectivity index (χ4n) is 3.93. The molecule has 1 aromatic heterocycles. The van der Waals surface area contributed by atoms with Crippen LogP contribution < -0.4 is 15.4 Å². The van der Waals surface area contributed by atoms with Crippen molar-refractivity contribution in [2.24, 2.45) is 0 Å². The van der Waals surface area contributed by atoms with Crippen molar-refractivity contribution >= 4 is 39.2 Å². The van der Waals surface area contributed by atoms with Crippen molar-refractivity contribution in [1.82, 2.24) is 14.8 Å². The van der Waals surface area contributed by atoms with Gasteiger partial charge in [0.05, 0.1) is 4.90 Å². The number of nitrogens with one attached hydrogen (secondary N) is 3. The predicted molar refractivity (Wildman–Crippen MR) is 139 cm³/mol. The van der Waals surface area contributed by atoms with E-state index in [0.717, 1.165) is 22.4 Å². The van der Waals surface area contributed by atoms with E-state index in [9.17, 15) is 13.2 Å². The van der Waals surface area contributed by atoms with E-state index in [4.69, 9.17) is 0 Å². The number of fused-ring (bicyclic) bond motifs is 1. The van der Waals surface area contributed by atoms with Crippen LogP contribution >= 0.6 is 0 Å². The summed E-state index contributed by atoms with van der Waals surface area (Å²) in [6.07, 6.45) is 2.04.